The minimum absolute atomic E-state index is 0.192. The molecule has 0 aliphatic heterocycles. The molecular formula is C14H12O6S2. The highest BCUT2D eigenvalue weighted by molar-refractivity contribution is 7.86. The predicted octanol–water partition coefficient (Wildman–Crippen LogP) is 2.35. The summed E-state index contributed by atoms with van der Waals surface area (Å²) >= 11 is 0. The van der Waals surface area contributed by atoms with Crippen molar-refractivity contribution in [2.24, 2.45) is 0 Å². The Labute approximate surface area is 128 Å². The van der Waals surface area contributed by atoms with E-state index in [4.69, 9.17) is 9.11 Å². The zero-order valence-corrected chi connectivity index (χ0v) is 12.8. The lowest BCUT2D eigenvalue weighted by molar-refractivity contribution is 0.481. The van der Waals surface area contributed by atoms with E-state index in [-0.39, 0.29) is 9.79 Å². The standard InChI is InChI=1S/C14H12O6S2/c15-21(16,17)13-7-3-11(4-8-13)1-2-12-5-9-14(10-6-12)22(18,19)20/h1-10H,(H,15,16,17)(H,18,19,20). The minimum Gasteiger partial charge on any atom is -0.282 e. The van der Waals surface area contributed by atoms with Crippen molar-refractivity contribution in [3.63, 3.8) is 0 Å². The summed E-state index contributed by atoms with van der Waals surface area (Å²) in [5.41, 5.74) is 1.40. The fourth-order valence-corrected chi connectivity index (χ4v) is 2.65. The van der Waals surface area contributed by atoms with Crippen LogP contribution >= 0.6 is 0 Å². The molecule has 0 aliphatic rings. The largest absolute Gasteiger partial charge is 0.294 e. The fraction of sp³-hybridized carbons (Fsp3) is 0. The first-order valence-electron chi connectivity index (χ1n) is 5.99. The third-order valence-corrected chi connectivity index (χ3v) is 4.56. The summed E-state index contributed by atoms with van der Waals surface area (Å²) in [7, 11) is -8.42. The Morgan fingerprint density at radius 2 is 0.864 bits per heavy atom. The molecule has 2 aromatic rings. The Morgan fingerprint density at radius 3 is 1.09 bits per heavy atom. The number of hydrogen-bond donors (Lipinski definition) is 2. The van der Waals surface area contributed by atoms with Crippen molar-refractivity contribution in [3.8, 4) is 0 Å². The van der Waals surface area contributed by atoms with Crippen LogP contribution in [0.1, 0.15) is 11.1 Å². The lowest BCUT2D eigenvalue weighted by Crippen LogP contribution is -1.97. The van der Waals surface area contributed by atoms with Crippen LogP contribution in [0.5, 0.6) is 0 Å². The maximum atomic E-state index is 10.9. The maximum absolute atomic E-state index is 10.9. The molecule has 0 aliphatic carbocycles. The SMILES string of the molecule is O=S(=O)(O)c1ccc(C=Cc2ccc(S(=O)(=O)O)cc2)cc1. The summed E-state index contributed by atoms with van der Waals surface area (Å²) in [5, 5.41) is 0. The van der Waals surface area contributed by atoms with Crippen molar-refractivity contribution in [1.29, 1.82) is 0 Å². The highest BCUT2D eigenvalue weighted by atomic mass is 32.2. The van der Waals surface area contributed by atoms with Gasteiger partial charge >= 0.3 is 0 Å². The van der Waals surface area contributed by atoms with Gasteiger partial charge in [-0.1, -0.05) is 36.4 Å². The van der Waals surface area contributed by atoms with Gasteiger partial charge in [0, 0.05) is 0 Å². The fourth-order valence-electron chi connectivity index (χ4n) is 1.69. The Balaban J connectivity index is 2.18. The van der Waals surface area contributed by atoms with Crippen LogP contribution in [0.15, 0.2) is 58.3 Å². The highest BCUT2D eigenvalue weighted by Crippen LogP contribution is 2.15. The van der Waals surface area contributed by atoms with Gasteiger partial charge < -0.3 is 0 Å². The first kappa shape index (κ1) is 16.4. The van der Waals surface area contributed by atoms with Crippen molar-refractivity contribution in [3.05, 3.63) is 59.7 Å². The van der Waals surface area contributed by atoms with E-state index in [9.17, 15) is 16.8 Å². The second-order valence-electron chi connectivity index (χ2n) is 4.42. The average Bonchev–Trinajstić information content (AvgIpc) is 2.44. The van der Waals surface area contributed by atoms with E-state index in [1.807, 2.05) is 0 Å². The minimum atomic E-state index is -4.21. The second kappa shape index (κ2) is 6.01. The summed E-state index contributed by atoms with van der Waals surface area (Å²) in [6.07, 6.45) is 3.38. The van der Waals surface area contributed by atoms with Crippen LogP contribution in [0.2, 0.25) is 0 Å². The predicted molar refractivity (Wildman–Crippen MR) is 81.4 cm³/mol. The molecule has 0 unspecified atom stereocenters. The van der Waals surface area contributed by atoms with Gasteiger partial charge in [0.25, 0.3) is 20.2 Å². The second-order valence-corrected chi connectivity index (χ2v) is 7.26. The van der Waals surface area contributed by atoms with Crippen LogP contribution < -0.4 is 0 Å². The van der Waals surface area contributed by atoms with Crippen molar-refractivity contribution in [2.75, 3.05) is 0 Å². The lowest BCUT2D eigenvalue weighted by atomic mass is 10.1. The normalized spacial score (nSPS) is 12.6. The van der Waals surface area contributed by atoms with Crippen LogP contribution in [0.3, 0.4) is 0 Å². The molecule has 0 amide bonds. The lowest BCUT2D eigenvalue weighted by Gasteiger charge is -1.99. The van der Waals surface area contributed by atoms with E-state index in [2.05, 4.69) is 0 Å². The molecule has 0 aromatic heterocycles. The monoisotopic (exact) mass is 340 g/mol. The number of benzene rings is 2. The Hall–Kier alpha value is -2.00. The van der Waals surface area contributed by atoms with Gasteiger partial charge in [-0.3, -0.25) is 9.11 Å². The van der Waals surface area contributed by atoms with Gasteiger partial charge in [0.15, 0.2) is 0 Å². The molecule has 0 bridgehead atoms. The molecule has 0 atom stereocenters. The summed E-state index contributed by atoms with van der Waals surface area (Å²) in [5.74, 6) is 0. The molecule has 0 radical (unpaired) electrons. The Kier molecular flexibility index (Phi) is 4.47. The first-order valence-corrected chi connectivity index (χ1v) is 8.87. The summed E-state index contributed by atoms with van der Waals surface area (Å²) < 4.78 is 61.3. The highest BCUT2D eigenvalue weighted by Gasteiger charge is 2.08. The van der Waals surface area contributed by atoms with E-state index < -0.39 is 20.2 Å². The van der Waals surface area contributed by atoms with Crippen molar-refractivity contribution >= 4 is 32.4 Å². The van der Waals surface area contributed by atoms with Gasteiger partial charge in [0.2, 0.25) is 0 Å². The van der Waals surface area contributed by atoms with E-state index in [1.165, 1.54) is 48.5 Å². The number of rotatable bonds is 4. The van der Waals surface area contributed by atoms with Crippen LogP contribution in [0.25, 0.3) is 12.2 Å². The molecule has 8 heteroatoms. The third-order valence-electron chi connectivity index (χ3n) is 2.82. The molecule has 116 valence electrons. The van der Waals surface area contributed by atoms with Gasteiger partial charge in [0.1, 0.15) is 0 Å². The van der Waals surface area contributed by atoms with E-state index in [0.29, 0.717) is 11.1 Å². The molecule has 2 rings (SSSR count). The first-order chi connectivity index (χ1) is 10.2. The molecule has 22 heavy (non-hydrogen) atoms. The maximum Gasteiger partial charge on any atom is 0.294 e. The summed E-state index contributed by atoms with van der Waals surface area (Å²) in [4.78, 5) is -0.385. The smallest absolute Gasteiger partial charge is 0.282 e. The van der Waals surface area contributed by atoms with Gasteiger partial charge in [0.05, 0.1) is 9.79 Å². The third kappa shape index (κ3) is 4.25. The average molecular weight is 340 g/mol. The van der Waals surface area contributed by atoms with Gasteiger partial charge in [-0.05, 0) is 35.4 Å². The molecule has 0 spiro atoms. The molecule has 0 heterocycles. The van der Waals surface area contributed by atoms with Gasteiger partial charge in [-0.15, -0.1) is 0 Å². The van der Waals surface area contributed by atoms with Crippen LogP contribution in [-0.2, 0) is 20.2 Å². The molecule has 0 fully saturated rings. The van der Waals surface area contributed by atoms with Crippen LogP contribution in [-0.4, -0.2) is 25.9 Å². The molecule has 2 N–H and O–H groups in total. The zero-order valence-electron chi connectivity index (χ0n) is 11.1. The quantitative estimate of drug-likeness (QED) is 0.653. The topological polar surface area (TPSA) is 109 Å². The van der Waals surface area contributed by atoms with E-state index in [1.54, 1.807) is 12.2 Å². The molecule has 6 nitrogen and oxygen atoms in total. The molecule has 0 saturated heterocycles. The Morgan fingerprint density at radius 1 is 0.591 bits per heavy atom. The zero-order chi connectivity index (χ0) is 16.4. The summed E-state index contributed by atoms with van der Waals surface area (Å²) in [6.45, 7) is 0. The van der Waals surface area contributed by atoms with Crippen LogP contribution in [0, 0.1) is 0 Å². The van der Waals surface area contributed by atoms with Gasteiger partial charge in [-0.2, -0.15) is 16.8 Å². The summed E-state index contributed by atoms with van der Waals surface area (Å²) in [6, 6.07) is 11.2. The molecule has 2 aromatic carbocycles. The van der Waals surface area contributed by atoms with Crippen molar-refractivity contribution in [1.82, 2.24) is 0 Å². The molecule has 0 saturated carbocycles. The van der Waals surface area contributed by atoms with Gasteiger partial charge in [-0.25, -0.2) is 0 Å². The van der Waals surface area contributed by atoms with Crippen LogP contribution in [0.4, 0.5) is 0 Å². The van der Waals surface area contributed by atoms with Crippen molar-refractivity contribution < 1.29 is 25.9 Å². The molecular weight excluding hydrogens is 328 g/mol. The Bertz CT molecular complexity index is 815. The van der Waals surface area contributed by atoms with E-state index in [0.717, 1.165) is 0 Å². The van der Waals surface area contributed by atoms with E-state index >= 15 is 0 Å². The number of hydrogen-bond acceptors (Lipinski definition) is 4. The van der Waals surface area contributed by atoms with Crippen molar-refractivity contribution in [2.45, 2.75) is 9.79 Å².